The Balaban J connectivity index is 1.12. The molecule has 2 heterocycles. The van der Waals surface area contributed by atoms with Crippen molar-refractivity contribution in [3.8, 4) is 23.0 Å². The summed E-state index contributed by atoms with van der Waals surface area (Å²) in [7, 11) is 3.05. The van der Waals surface area contributed by atoms with Crippen molar-refractivity contribution in [3.05, 3.63) is 108 Å². The summed E-state index contributed by atoms with van der Waals surface area (Å²) in [5, 5.41) is 20.0. The summed E-state index contributed by atoms with van der Waals surface area (Å²) in [6.07, 6.45) is -0.831. The summed E-state index contributed by atoms with van der Waals surface area (Å²) in [4.78, 5) is 35.8. The van der Waals surface area contributed by atoms with E-state index >= 15 is 0 Å². The van der Waals surface area contributed by atoms with Gasteiger partial charge in [0.15, 0.2) is 23.0 Å². The van der Waals surface area contributed by atoms with Gasteiger partial charge in [-0.25, -0.2) is 0 Å². The van der Waals surface area contributed by atoms with Crippen molar-refractivity contribution in [2.24, 2.45) is 0 Å². The first-order valence-electron chi connectivity index (χ1n) is 17.4. The number of ether oxygens (including phenoxy) is 3. The molecule has 4 aromatic carbocycles. The number of piperazine rings is 2. The number of benzene rings is 4. The number of hydrogen-bond donors (Lipinski definition) is 2. The Kier molecular flexibility index (Phi) is 11.5. The monoisotopic (exact) mass is 694 g/mol. The number of phenolic OH excluding ortho intramolecular Hbond substituents is 2. The zero-order valence-corrected chi connectivity index (χ0v) is 29.2. The highest BCUT2D eigenvalue weighted by molar-refractivity contribution is 5.78. The number of hydrogen-bond acceptors (Lipinski definition) is 9. The van der Waals surface area contributed by atoms with Gasteiger partial charge in [-0.15, -0.1) is 0 Å². The third-order valence-corrected chi connectivity index (χ3v) is 9.71. The van der Waals surface area contributed by atoms with Crippen molar-refractivity contribution < 1.29 is 34.0 Å². The molecule has 2 aliphatic rings. The molecule has 2 atom stereocenters. The lowest BCUT2D eigenvalue weighted by Crippen LogP contribution is -2.49. The van der Waals surface area contributed by atoms with Crippen molar-refractivity contribution in [1.29, 1.82) is 0 Å². The highest BCUT2D eigenvalue weighted by Gasteiger charge is 2.30. The number of phenols is 2. The Morgan fingerprint density at radius 2 is 0.941 bits per heavy atom. The number of carbonyl (C=O) groups excluding carboxylic acids is 2. The molecule has 0 unspecified atom stereocenters. The summed E-state index contributed by atoms with van der Waals surface area (Å²) in [6.45, 7) is 4.77. The molecule has 11 heteroatoms. The van der Waals surface area contributed by atoms with Gasteiger partial charge in [-0.2, -0.15) is 0 Å². The average Bonchev–Trinajstić information content (AvgIpc) is 3.18. The Labute approximate surface area is 299 Å². The fraction of sp³-hybridized carbons (Fsp3) is 0.350. The van der Waals surface area contributed by atoms with Gasteiger partial charge in [0.2, 0.25) is 11.8 Å². The smallest absolute Gasteiger partial charge is 0.225 e. The topological polar surface area (TPSA) is 115 Å². The standard InChI is InChI=1S/C40H46N4O7/c1-49-37-25-31(13-15-33(37)45)41-17-21-43(22-18-41)39(47)27-35(29-9-5-3-6-10-29)51-36(30-11-7-4-8-12-30)28-40(48)44-23-19-42(20-24-44)32-14-16-34(46)38(26-32)50-2/h3-16,25-26,35-36,45-46H,17-24,27-28H2,1-2H3/t35-,36-/m1/s1. The number of rotatable bonds is 12. The maximum Gasteiger partial charge on any atom is 0.225 e. The first kappa shape index (κ1) is 35.4. The van der Waals surface area contributed by atoms with Crippen LogP contribution in [0.1, 0.15) is 36.2 Å². The predicted molar refractivity (Wildman–Crippen MR) is 196 cm³/mol. The number of anilines is 2. The van der Waals surface area contributed by atoms with Gasteiger partial charge < -0.3 is 44.0 Å². The molecule has 2 amide bonds. The van der Waals surface area contributed by atoms with E-state index < -0.39 is 12.2 Å². The maximum absolute atomic E-state index is 13.8. The molecule has 0 radical (unpaired) electrons. The molecule has 0 aromatic heterocycles. The van der Waals surface area contributed by atoms with Gasteiger partial charge in [0.05, 0.1) is 39.3 Å². The summed E-state index contributed by atoms with van der Waals surface area (Å²) in [5.41, 5.74) is 3.62. The fourth-order valence-corrected chi connectivity index (χ4v) is 6.75. The van der Waals surface area contributed by atoms with Crippen molar-refractivity contribution >= 4 is 23.2 Å². The van der Waals surface area contributed by atoms with Crippen LogP contribution in [0.2, 0.25) is 0 Å². The molecular formula is C40H46N4O7. The quantitative estimate of drug-likeness (QED) is 0.202. The van der Waals surface area contributed by atoms with Crippen molar-refractivity contribution in [2.75, 3.05) is 76.4 Å². The molecule has 6 rings (SSSR count). The summed E-state index contributed by atoms with van der Waals surface area (Å²) < 4.78 is 17.4. The number of nitrogens with zero attached hydrogens (tertiary/aromatic N) is 4. The van der Waals surface area contributed by atoms with Crippen molar-refractivity contribution in [3.63, 3.8) is 0 Å². The molecule has 0 bridgehead atoms. The minimum atomic E-state index is -0.558. The van der Waals surface area contributed by atoms with Gasteiger partial charge in [0, 0.05) is 75.9 Å². The van der Waals surface area contributed by atoms with Crippen LogP contribution in [0, 0.1) is 0 Å². The zero-order chi connectivity index (χ0) is 35.7. The Bertz CT molecular complexity index is 1630. The lowest BCUT2D eigenvalue weighted by molar-refractivity contribution is -0.139. The van der Waals surface area contributed by atoms with Gasteiger partial charge in [-0.3, -0.25) is 9.59 Å². The van der Waals surface area contributed by atoms with E-state index in [-0.39, 0.29) is 36.2 Å². The SMILES string of the molecule is COc1cc(N2CCN(C(=O)C[C@@H](O[C@H](CC(=O)N3CCN(c4ccc(O)c(OC)c4)CC3)c3ccccc3)c3ccccc3)CC2)ccc1O. The van der Waals surface area contributed by atoms with Gasteiger partial charge in [0.25, 0.3) is 0 Å². The van der Waals surface area contributed by atoms with E-state index in [2.05, 4.69) is 9.80 Å². The zero-order valence-electron chi connectivity index (χ0n) is 29.2. The van der Waals surface area contributed by atoms with Crippen LogP contribution in [0.15, 0.2) is 97.1 Å². The Hall–Kier alpha value is -5.42. The third kappa shape index (κ3) is 8.67. The van der Waals surface area contributed by atoms with Crippen LogP contribution in [0.4, 0.5) is 11.4 Å². The number of carbonyl (C=O) groups is 2. The van der Waals surface area contributed by atoms with Gasteiger partial charge in [-0.1, -0.05) is 60.7 Å². The van der Waals surface area contributed by atoms with E-state index in [1.54, 1.807) is 12.1 Å². The Morgan fingerprint density at radius 3 is 1.29 bits per heavy atom. The van der Waals surface area contributed by atoms with E-state index in [9.17, 15) is 19.8 Å². The van der Waals surface area contributed by atoms with Crippen LogP contribution in [0.3, 0.4) is 0 Å². The molecule has 2 fully saturated rings. The maximum atomic E-state index is 13.8. The van der Waals surface area contributed by atoms with E-state index in [1.807, 2.05) is 94.7 Å². The number of amides is 2. The molecule has 0 aliphatic carbocycles. The molecule has 2 N–H and O–H groups in total. The van der Waals surface area contributed by atoms with Crippen molar-refractivity contribution in [1.82, 2.24) is 9.80 Å². The molecule has 51 heavy (non-hydrogen) atoms. The van der Waals surface area contributed by atoms with Gasteiger partial charge in [-0.05, 0) is 35.4 Å². The first-order valence-corrected chi connectivity index (χ1v) is 17.4. The second-order valence-electron chi connectivity index (χ2n) is 12.8. The molecule has 4 aromatic rings. The summed E-state index contributed by atoms with van der Waals surface area (Å²) >= 11 is 0. The second kappa shape index (κ2) is 16.5. The molecule has 2 aliphatic heterocycles. The average molecular weight is 695 g/mol. The second-order valence-corrected chi connectivity index (χ2v) is 12.8. The summed E-state index contributed by atoms with van der Waals surface area (Å²) in [6, 6.07) is 30.1. The molecule has 0 spiro atoms. The molecular weight excluding hydrogens is 648 g/mol. The largest absolute Gasteiger partial charge is 0.504 e. The lowest BCUT2D eigenvalue weighted by Gasteiger charge is -2.37. The highest BCUT2D eigenvalue weighted by atomic mass is 16.5. The molecule has 268 valence electrons. The number of aromatic hydroxyl groups is 2. The summed E-state index contributed by atoms with van der Waals surface area (Å²) in [5.74, 6) is 0.994. The lowest BCUT2D eigenvalue weighted by atomic mass is 10.0. The third-order valence-electron chi connectivity index (χ3n) is 9.71. The molecule has 2 saturated heterocycles. The minimum Gasteiger partial charge on any atom is -0.504 e. The van der Waals surface area contributed by atoms with E-state index in [4.69, 9.17) is 14.2 Å². The molecule has 0 saturated carbocycles. The van der Waals surface area contributed by atoms with Crippen molar-refractivity contribution in [2.45, 2.75) is 25.0 Å². The predicted octanol–water partition coefficient (Wildman–Crippen LogP) is 5.39. The first-order chi connectivity index (χ1) is 24.8. The van der Waals surface area contributed by atoms with E-state index in [0.717, 1.165) is 22.5 Å². The van der Waals surface area contributed by atoms with Crippen LogP contribution < -0.4 is 19.3 Å². The van der Waals surface area contributed by atoms with Crippen LogP contribution in [0.25, 0.3) is 0 Å². The number of methoxy groups -OCH3 is 2. The van der Waals surface area contributed by atoms with Gasteiger partial charge in [0.1, 0.15) is 0 Å². The van der Waals surface area contributed by atoms with E-state index in [1.165, 1.54) is 14.2 Å². The van der Waals surface area contributed by atoms with Crippen LogP contribution >= 0.6 is 0 Å². The van der Waals surface area contributed by atoms with Crippen LogP contribution in [-0.4, -0.2) is 98.4 Å². The van der Waals surface area contributed by atoms with E-state index in [0.29, 0.717) is 63.9 Å². The Morgan fingerprint density at radius 1 is 0.569 bits per heavy atom. The minimum absolute atomic E-state index is 0.00749. The fourth-order valence-electron chi connectivity index (χ4n) is 6.75. The van der Waals surface area contributed by atoms with Crippen LogP contribution in [-0.2, 0) is 14.3 Å². The van der Waals surface area contributed by atoms with Crippen LogP contribution in [0.5, 0.6) is 23.0 Å². The highest BCUT2D eigenvalue weighted by Crippen LogP contribution is 2.35. The van der Waals surface area contributed by atoms with Gasteiger partial charge >= 0.3 is 0 Å². The molecule has 11 nitrogen and oxygen atoms in total. The normalized spacial score (nSPS) is 16.0.